The van der Waals surface area contributed by atoms with Gasteiger partial charge in [-0.1, -0.05) is 12.1 Å². The van der Waals surface area contributed by atoms with E-state index in [1.165, 1.54) is 31.4 Å². The van der Waals surface area contributed by atoms with E-state index < -0.39 is 11.9 Å². The predicted molar refractivity (Wildman–Crippen MR) is 113 cm³/mol. The summed E-state index contributed by atoms with van der Waals surface area (Å²) < 4.78 is 18.6. The average molecular weight is 409 g/mol. The number of hydrogen-bond acceptors (Lipinski definition) is 4. The van der Waals surface area contributed by atoms with E-state index >= 15 is 0 Å². The molecule has 2 aromatic rings. The van der Waals surface area contributed by atoms with Crippen molar-refractivity contribution in [2.24, 2.45) is 0 Å². The average Bonchev–Trinajstić information content (AvgIpc) is 3.03. The van der Waals surface area contributed by atoms with Gasteiger partial charge < -0.3 is 15.0 Å². The van der Waals surface area contributed by atoms with E-state index in [-0.39, 0.29) is 18.1 Å². The fourth-order valence-electron chi connectivity index (χ4n) is 3.81. The second-order valence-electron chi connectivity index (χ2n) is 7.48. The molecular weight excluding hydrogens is 385 g/mol. The molecule has 30 heavy (non-hydrogen) atoms. The quantitative estimate of drug-likeness (QED) is 0.601. The van der Waals surface area contributed by atoms with Gasteiger partial charge in [0.2, 0.25) is 0 Å². The number of carbonyl (C=O) groups excluding carboxylic acids is 2. The second kappa shape index (κ2) is 8.57. The van der Waals surface area contributed by atoms with Crippen LogP contribution in [-0.4, -0.2) is 37.0 Å². The Balaban J connectivity index is 1.54. The number of halogens is 1. The maximum absolute atomic E-state index is 13.1. The zero-order chi connectivity index (χ0) is 21.1. The van der Waals surface area contributed by atoms with Crippen molar-refractivity contribution in [2.45, 2.75) is 25.8 Å². The number of amides is 3. The zero-order valence-corrected chi connectivity index (χ0v) is 16.9. The van der Waals surface area contributed by atoms with E-state index in [1.807, 2.05) is 18.2 Å². The van der Waals surface area contributed by atoms with E-state index in [0.29, 0.717) is 16.9 Å². The van der Waals surface area contributed by atoms with Crippen molar-refractivity contribution < 1.29 is 18.7 Å². The van der Waals surface area contributed by atoms with Crippen LogP contribution in [0.2, 0.25) is 0 Å². The number of anilines is 1. The standard InChI is InChI=1S/C23H24FN3O3/c1-30-21-14-19(26-11-3-2-4-12-26)10-7-17(21)13-20-22(28)27(23(29)25-20)15-16-5-8-18(24)9-6-16/h5-10,13-14H,2-4,11-12,15H2,1H3,(H,25,29)/b20-13-. The Morgan fingerprint density at radius 2 is 1.80 bits per heavy atom. The molecule has 2 heterocycles. The maximum Gasteiger partial charge on any atom is 0.329 e. The molecule has 2 saturated heterocycles. The molecule has 0 atom stereocenters. The number of methoxy groups -OCH3 is 1. The molecule has 0 unspecified atom stereocenters. The summed E-state index contributed by atoms with van der Waals surface area (Å²) in [7, 11) is 1.59. The van der Waals surface area contributed by atoms with Crippen molar-refractivity contribution in [3.05, 3.63) is 65.1 Å². The van der Waals surface area contributed by atoms with E-state index in [0.717, 1.165) is 23.7 Å². The lowest BCUT2D eigenvalue weighted by molar-refractivity contribution is -0.123. The summed E-state index contributed by atoms with van der Waals surface area (Å²) in [5.41, 5.74) is 2.66. The fraction of sp³-hybridized carbons (Fsp3) is 0.304. The SMILES string of the molecule is COc1cc(N2CCCCC2)ccc1/C=C1\NC(=O)N(Cc2ccc(F)cc2)C1=O. The fourth-order valence-corrected chi connectivity index (χ4v) is 3.81. The minimum atomic E-state index is -0.500. The molecule has 1 N–H and O–H groups in total. The zero-order valence-electron chi connectivity index (χ0n) is 16.9. The first-order valence-electron chi connectivity index (χ1n) is 10.1. The van der Waals surface area contributed by atoms with Gasteiger partial charge >= 0.3 is 6.03 Å². The molecule has 0 spiro atoms. The van der Waals surface area contributed by atoms with E-state index in [9.17, 15) is 14.0 Å². The monoisotopic (exact) mass is 409 g/mol. The first-order chi connectivity index (χ1) is 14.5. The summed E-state index contributed by atoms with van der Waals surface area (Å²) in [4.78, 5) is 28.5. The molecule has 2 aliphatic heterocycles. The molecule has 0 saturated carbocycles. The summed E-state index contributed by atoms with van der Waals surface area (Å²) in [5, 5.41) is 2.62. The lowest BCUT2D eigenvalue weighted by Crippen LogP contribution is -2.30. The summed E-state index contributed by atoms with van der Waals surface area (Å²) in [5.74, 6) is -0.146. The maximum atomic E-state index is 13.1. The van der Waals surface area contributed by atoms with E-state index in [1.54, 1.807) is 25.3 Å². The third kappa shape index (κ3) is 4.15. The van der Waals surface area contributed by atoms with E-state index in [4.69, 9.17) is 4.74 Å². The molecule has 2 aromatic carbocycles. The van der Waals surface area contributed by atoms with Crippen molar-refractivity contribution in [1.29, 1.82) is 0 Å². The highest BCUT2D eigenvalue weighted by Crippen LogP contribution is 2.30. The third-order valence-corrected chi connectivity index (χ3v) is 5.45. The van der Waals surface area contributed by atoms with E-state index in [2.05, 4.69) is 10.2 Å². The van der Waals surface area contributed by atoms with Crippen molar-refractivity contribution in [1.82, 2.24) is 10.2 Å². The molecule has 0 radical (unpaired) electrons. The van der Waals surface area contributed by atoms with Crippen LogP contribution < -0.4 is 15.0 Å². The molecule has 4 rings (SSSR count). The van der Waals surface area contributed by atoms with Crippen molar-refractivity contribution in [3.8, 4) is 5.75 Å². The van der Waals surface area contributed by atoms with Crippen LogP contribution in [0.5, 0.6) is 5.75 Å². The van der Waals surface area contributed by atoms with Crippen LogP contribution in [0.15, 0.2) is 48.2 Å². The number of carbonyl (C=O) groups is 2. The van der Waals surface area contributed by atoms with Gasteiger partial charge in [0.15, 0.2) is 0 Å². The number of nitrogens with one attached hydrogen (secondary N) is 1. The first-order valence-corrected chi connectivity index (χ1v) is 10.1. The van der Waals surface area contributed by atoms with Crippen LogP contribution >= 0.6 is 0 Å². The predicted octanol–water partition coefficient (Wildman–Crippen LogP) is 3.92. The van der Waals surface area contributed by atoms with Crippen molar-refractivity contribution in [3.63, 3.8) is 0 Å². The number of imide groups is 1. The number of piperidine rings is 1. The first kappa shape index (κ1) is 19.9. The number of ether oxygens (including phenoxy) is 1. The van der Waals surface area contributed by atoms with Crippen LogP contribution in [0, 0.1) is 5.82 Å². The highest BCUT2D eigenvalue weighted by molar-refractivity contribution is 6.14. The Labute approximate surface area is 174 Å². The second-order valence-corrected chi connectivity index (χ2v) is 7.48. The van der Waals surface area contributed by atoms with Gasteiger partial charge in [-0.3, -0.25) is 9.69 Å². The summed E-state index contributed by atoms with van der Waals surface area (Å²) >= 11 is 0. The third-order valence-electron chi connectivity index (χ3n) is 5.45. The Morgan fingerprint density at radius 3 is 2.50 bits per heavy atom. The van der Waals surface area contributed by atoms with Gasteiger partial charge in [0, 0.05) is 30.4 Å². The van der Waals surface area contributed by atoms with Gasteiger partial charge in [0.05, 0.1) is 13.7 Å². The molecule has 6 nitrogen and oxygen atoms in total. The van der Waals surface area contributed by atoms with Gasteiger partial charge in [-0.2, -0.15) is 0 Å². The van der Waals surface area contributed by atoms with Gasteiger partial charge in [0.25, 0.3) is 5.91 Å². The molecule has 0 bridgehead atoms. The molecular formula is C23H24FN3O3. The molecule has 0 aromatic heterocycles. The number of hydrogen-bond donors (Lipinski definition) is 1. The van der Waals surface area contributed by atoms with Crippen molar-refractivity contribution >= 4 is 23.7 Å². The van der Waals surface area contributed by atoms with Crippen LogP contribution in [0.4, 0.5) is 14.9 Å². The van der Waals surface area contributed by atoms with Crippen molar-refractivity contribution in [2.75, 3.05) is 25.1 Å². The summed E-state index contributed by atoms with van der Waals surface area (Å²) in [6.07, 6.45) is 5.24. The molecule has 2 fully saturated rings. The highest BCUT2D eigenvalue weighted by atomic mass is 19.1. The Bertz CT molecular complexity index is 982. The molecule has 0 aliphatic carbocycles. The molecule has 2 aliphatic rings. The highest BCUT2D eigenvalue weighted by Gasteiger charge is 2.33. The lowest BCUT2D eigenvalue weighted by atomic mass is 10.1. The topological polar surface area (TPSA) is 61.9 Å². The number of urea groups is 1. The largest absolute Gasteiger partial charge is 0.496 e. The summed E-state index contributed by atoms with van der Waals surface area (Å²) in [6, 6.07) is 11.1. The Kier molecular flexibility index (Phi) is 5.70. The van der Waals surface area contributed by atoms with Gasteiger partial charge in [0.1, 0.15) is 17.3 Å². The van der Waals surface area contributed by atoms with Crippen LogP contribution in [0.1, 0.15) is 30.4 Å². The Hall–Kier alpha value is -3.35. The molecule has 7 heteroatoms. The number of nitrogens with zero attached hydrogens (tertiary/aromatic N) is 2. The smallest absolute Gasteiger partial charge is 0.329 e. The number of benzene rings is 2. The Morgan fingerprint density at radius 1 is 1.07 bits per heavy atom. The molecule has 3 amide bonds. The van der Waals surface area contributed by atoms with Gasteiger partial charge in [-0.15, -0.1) is 0 Å². The minimum Gasteiger partial charge on any atom is -0.496 e. The van der Waals surface area contributed by atoms with Gasteiger partial charge in [-0.05, 0) is 55.2 Å². The summed E-state index contributed by atoms with van der Waals surface area (Å²) in [6.45, 7) is 2.13. The van der Waals surface area contributed by atoms with Crippen LogP contribution in [-0.2, 0) is 11.3 Å². The van der Waals surface area contributed by atoms with Crippen LogP contribution in [0.25, 0.3) is 6.08 Å². The van der Waals surface area contributed by atoms with Gasteiger partial charge in [-0.25, -0.2) is 9.18 Å². The normalized spacial score (nSPS) is 18.1. The molecule has 156 valence electrons. The number of rotatable bonds is 5. The lowest BCUT2D eigenvalue weighted by Gasteiger charge is -2.29. The van der Waals surface area contributed by atoms with Crippen LogP contribution in [0.3, 0.4) is 0 Å². The minimum absolute atomic E-state index is 0.0767.